The first-order valence-corrected chi connectivity index (χ1v) is 7.65. The van der Waals surface area contributed by atoms with Gasteiger partial charge in [0, 0.05) is 6.54 Å². The van der Waals surface area contributed by atoms with E-state index < -0.39 is 0 Å². The number of hydrogen-bond donors (Lipinski definition) is 0. The molecular weight excluding hydrogens is 262 g/mol. The molecule has 0 saturated carbocycles. The molecule has 1 aromatic rings. The lowest BCUT2D eigenvalue weighted by Gasteiger charge is -2.25. The quantitative estimate of drug-likeness (QED) is 0.852. The molecule has 3 rings (SSSR count). The first kappa shape index (κ1) is 12.7. The van der Waals surface area contributed by atoms with Crippen LogP contribution in [0.5, 0.6) is 11.5 Å². The van der Waals surface area contributed by atoms with Crippen LogP contribution in [0, 0.1) is 0 Å². The van der Waals surface area contributed by atoms with Crippen LogP contribution in [0.25, 0.3) is 0 Å². The summed E-state index contributed by atoms with van der Waals surface area (Å²) in [6, 6.07) is 5.98. The molecule has 2 aliphatic heterocycles. The zero-order valence-corrected chi connectivity index (χ0v) is 11.7. The summed E-state index contributed by atoms with van der Waals surface area (Å²) in [5.41, 5.74) is 1.12. The predicted molar refractivity (Wildman–Crippen MR) is 74.6 cm³/mol. The van der Waals surface area contributed by atoms with Crippen molar-refractivity contribution in [2.75, 3.05) is 25.5 Å². The molecular formula is C14H17NO3S. The van der Waals surface area contributed by atoms with Crippen LogP contribution in [-0.4, -0.2) is 36.3 Å². The molecule has 1 fully saturated rings. The lowest BCUT2D eigenvalue weighted by Crippen LogP contribution is -2.29. The zero-order valence-electron chi connectivity index (χ0n) is 10.9. The molecule has 1 amide bonds. The van der Waals surface area contributed by atoms with Gasteiger partial charge in [-0.15, -0.1) is 11.8 Å². The van der Waals surface area contributed by atoms with Crippen LogP contribution in [0.1, 0.15) is 24.3 Å². The van der Waals surface area contributed by atoms with Crippen molar-refractivity contribution in [3.05, 3.63) is 23.8 Å². The number of rotatable bonds is 3. The number of carbonyl (C=O) groups is 1. The summed E-state index contributed by atoms with van der Waals surface area (Å²) < 4.78 is 11.1. The van der Waals surface area contributed by atoms with E-state index in [2.05, 4.69) is 6.92 Å². The minimum atomic E-state index is 0.114. The molecule has 0 N–H and O–H groups in total. The van der Waals surface area contributed by atoms with Gasteiger partial charge in [-0.05, 0) is 24.1 Å². The fourth-order valence-electron chi connectivity index (χ4n) is 2.43. The molecule has 0 radical (unpaired) electrons. The van der Waals surface area contributed by atoms with Crippen molar-refractivity contribution < 1.29 is 14.3 Å². The zero-order chi connectivity index (χ0) is 13.2. The number of carbonyl (C=O) groups excluding carboxylic acids is 1. The van der Waals surface area contributed by atoms with Crippen LogP contribution < -0.4 is 9.47 Å². The Labute approximate surface area is 117 Å². The first-order valence-electron chi connectivity index (χ1n) is 6.60. The summed E-state index contributed by atoms with van der Waals surface area (Å²) in [5, 5.41) is 0.114. The molecule has 1 saturated heterocycles. The van der Waals surface area contributed by atoms with E-state index in [1.165, 1.54) is 0 Å². The number of benzene rings is 1. The van der Waals surface area contributed by atoms with Gasteiger partial charge in [-0.3, -0.25) is 4.79 Å². The Morgan fingerprint density at radius 3 is 2.89 bits per heavy atom. The smallest absolute Gasteiger partial charge is 0.233 e. The summed E-state index contributed by atoms with van der Waals surface area (Å²) in [6.45, 7) is 4.10. The van der Waals surface area contributed by atoms with Crippen molar-refractivity contribution in [2.45, 2.75) is 18.7 Å². The first-order chi connectivity index (χ1) is 9.29. The highest BCUT2D eigenvalue weighted by Crippen LogP contribution is 2.42. The van der Waals surface area contributed by atoms with Gasteiger partial charge in [-0.25, -0.2) is 0 Å². The summed E-state index contributed by atoms with van der Waals surface area (Å²) in [7, 11) is 0. The Morgan fingerprint density at radius 2 is 2.11 bits per heavy atom. The molecule has 0 aliphatic carbocycles. The van der Waals surface area contributed by atoms with E-state index in [0.29, 0.717) is 19.0 Å². The van der Waals surface area contributed by atoms with E-state index in [4.69, 9.17) is 9.47 Å². The molecule has 1 aromatic carbocycles. The summed E-state index contributed by atoms with van der Waals surface area (Å²) in [4.78, 5) is 13.8. The maximum Gasteiger partial charge on any atom is 0.233 e. The molecule has 2 aliphatic rings. The van der Waals surface area contributed by atoms with Gasteiger partial charge in [-0.1, -0.05) is 13.0 Å². The second-order valence-electron chi connectivity index (χ2n) is 4.65. The highest BCUT2D eigenvalue weighted by atomic mass is 32.2. The van der Waals surface area contributed by atoms with Gasteiger partial charge in [0.15, 0.2) is 11.5 Å². The van der Waals surface area contributed by atoms with Crippen LogP contribution in [-0.2, 0) is 4.79 Å². The summed E-state index contributed by atoms with van der Waals surface area (Å²) >= 11 is 1.68. The van der Waals surface area contributed by atoms with Gasteiger partial charge < -0.3 is 14.4 Å². The van der Waals surface area contributed by atoms with E-state index in [-0.39, 0.29) is 11.3 Å². The Bertz CT molecular complexity index is 492. The van der Waals surface area contributed by atoms with Crippen LogP contribution in [0.4, 0.5) is 0 Å². The van der Waals surface area contributed by atoms with Gasteiger partial charge in [0.05, 0.1) is 5.75 Å². The lowest BCUT2D eigenvalue weighted by atomic mass is 10.1. The molecule has 102 valence electrons. The molecule has 5 heteroatoms. The van der Waals surface area contributed by atoms with Crippen LogP contribution >= 0.6 is 11.8 Å². The topological polar surface area (TPSA) is 38.8 Å². The van der Waals surface area contributed by atoms with E-state index in [9.17, 15) is 4.79 Å². The molecule has 1 unspecified atom stereocenters. The molecule has 4 nitrogen and oxygen atoms in total. The highest BCUT2D eigenvalue weighted by Gasteiger charge is 2.32. The van der Waals surface area contributed by atoms with E-state index in [0.717, 1.165) is 30.0 Å². The number of amides is 1. The molecule has 1 atom stereocenters. The van der Waals surface area contributed by atoms with Crippen molar-refractivity contribution in [3.63, 3.8) is 0 Å². The molecule has 19 heavy (non-hydrogen) atoms. The third kappa shape index (κ3) is 2.39. The second-order valence-corrected chi connectivity index (χ2v) is 5.72. The Balaban J connectivity index is 1.87. The number of ether oxygens (including phenoxy) is 2. The number of fused-ring (bicyclic) bond motifs is 1. The normalized spacial score (nSPS) is 21.8. The molecule has 0 spiro atoms. The summed E-state index contributed by atoms with van der Waals surface area (Å²) in [5.74, 6) is 2.39. The minimum Gasteiger partial charge on any atom is -0.486 e. The standard InChI is InChI=1S/C14H17NO3S/c1-2-5-15-13(16)9-19-14(15)10-3-4-11-12(8-10)18-7-6-17-11/h3-4,8,14H,2,5-7,9H2,1H3. The largest absolute Gasteiger partial charge is 0.486 e. The average Bonchev–Trinajstić information content (AvgIpc) is 2.80. The van der Waals surface area contributed by atoms with E-state index >= 15 is 0 Å². The lowest BCUT2D eigenvalue weighted by molar-refractivity contribution is -0.128. The summed E-state index contributed by atoms with van der Waals surface area (Å²) in [6.07, 6.45) is 0.980. The number of hydrogen-bond acceptors (Lipinski definition) is 4. The van der Waals surface area contributed by atoms with Crippen molar-refractivity contribution in [2.24, 2.45) is 0 Å². The third-order valence-corrected chi connectivity index (χ3v) is 4.54. The van der Waals surface area contributed by atoms with Gasteiger partial charge in [0.2, 0.25) is 5.91 Å². The maximum atomic E-state index is 11.9. The maximum absolute atomic E-state index is 11.9. The third-order valence-electron chi connectivity index (χ3n) is 3.28. The number of thioether (sulfide) groups is 1. The Hall–Kier alpha value is -1.36. The minimum absolute atomic E-state index is 0.114. The van der Waals surface area contributed by atoms with Gasteiger partial charge in [0.25, 0.3) is 0 Å². The molecule has 0 bridgehead atoms. The van der Waals surface area contributed by atoms with Crippen LogP contribution in [0.3, 0.4) is 0 Å². The average molecular weight is 279 g/mol. The second kappa shape index (κ2) is 5.33. The van der Waals surface area contributed by atoms with Crippen molar-refractivity contribution in [1.82, 2.24) is 4.90 Å². The number of nitrogens with zero attached hydrogens (tertiary/aromatic N) is 1. The van der Waals surface area contributed by atoms with E-state index in [1.807, 2.05) is 23.1 Å². The monoisotopic (exact) mass is 279 g/mol. The molecule has 2 heterocycles. The predicted octanol–water partition coefficient (Wildman–Crippen LogP) is 2.44. The van der Waals surface area contributed by atoms with Crippen molar-refractivity contribution in [1.29, 1.82) is 0 Å². The van der Waals surface area contributed by atoms with Gasteiger partial charge in [-0.2, -0.15) is 0 Å². The fraction of sp³-hybridized carbons (Fsp3) is 0.500. The Kier molecular flexibility index (Phi) is 3.55. The highest BCUT2D eigenvalue weighted by molar-refractivity contribution is 8.00. The van der Waals surface area contributed by atoms with Crippen molar-refractivity contribution in [3.8, 4) is 11.5 Å². The Morgan fingerprint density at radius 1 is 1.32 bits per heavy atom. The fourth-order valence-corrected chi connectivity index (χ4v) is 3.63. The van der Waals surface area contributed by atoms with Gasteiger partial charge >= 0.3 is 0 Å². The van der Waals surface area contributed by atoms with Crippen molar-refractivity contribution >= 4 is 17.7 Å². The van der Waals surface area contributed by atoms with Crippen LogP contribution in [0.2, 0.25) is 0 Å². The molecule has 0 aromatic heterocycles. The van der Waals surface area contributed by atoms with Gasteiger partial charge in [0.1, 0.15) is 18.6 Å². The SMILES string of the molecule is CCCN1C(=O)CSC1c1ccc2c(c1)OCCO2. The van der Waals surface area contributed by atoms with Crippen LogP contribution in [0.15, 0.2) is 18.2 Å². The van der Waals surface area contributed by atoms with E-state index in [1.54, 1.807) is 11.8 Å².